The molecule has 2 atom stereocenters. The average Bonchev–Trinajstić information content (AvgIpc) is 2.29. The number of hydrogen-bond donors (Lipinski definition) is 2. The zero-order valence-corrected chi connectivity index (χ0v) is 9.94. The van der Waals surface area contributed by atoms with Crippen LogP contribution in [0.25, 0.3) is 0 Å². The van der Waals surface area contributed by atoms with E-state index in [1.807, 2.05) is 25.1 Å². The average molecular weight is 220 g/mol. The van der Waals surface area contributed by atoms with Crippen LogP contribution in [0.1, 0.15) is 25.3 Å². The lowest BCUT2D eigenvalue weighted by Gasteiger charge is -2.14. The third-order valence-corrected chi connectivity index (χ3v) is 2.76. The number of rotatable bonds is 6. The van der Waals surface area contributed by atoms with E-state index in [-0.39, 0.29) is 11.8 Å². The minimum Gasteiger partial charge on any atom is -0.369 e. The Labute approximate surface area is 97.0 Å². The van der Waals surface area contributed by atoms with Gasteiger partial charge in [-0.05, 0) is 11.5 Å². The third-order valence-electron chi connectivity index (χ3n) is 2.76. The molecular formula is C13H20N2O. The molecule has 1 aromatic rings. The fourth-order valence-electron chi connectivity index (χ4n) is 1.52. The molecule has 0 aromatic heterocycles. The van der Waals surface area contributed by atoms with Gasteiger partial charge in [-0.25, -0.2) is 0 Å². The molecule has 0 heterocycles. The van der Waals surface area contributed by atoms with E-state index in [0.717, 1.165) is 6.54 Å². The van der Waals surface area contributed by atoms with Crippen molar-refractivity contribution in [1.29, 1.82) is 0 Å². The van der Waals surface area contributed by atoms with Gasteiger partial charge in [-0.1, -0.05) is 44.2 Å². The zero-order chi connectivity index (χ0) is 12.0. The minimum atomic E-state index is -0.250. The van der Waals surface area contributed by atoms with E-state index in [2.05, 4.69) is 24.4 Å². The van der Waals surface area contributed by atoms with Gasteiger partial charge in [0.15, 0.2) is 0 Å². The van der Waals surface area contributed by atoms with Gasteiger partial charge in [-0.3, -0.25) is 4.79 Å². The van der Waals surface area contributed by atoms with E-state index >= 15 is 0 Å². The monoisotopic (exact) mass is 220 g/mol. The van der Waals surface area contributed by atoms with Crippen molar-refractivity contribution in [3.8, 4) is 0 Å². The molecular weight excluding hydrogens is 200 g/mol. The van der Waals surface area contributed by atoms with Crippen LogP contribution >= 0.6 is 0 Å². The predicted molar refractivity (Wildman–Crippen MR) is 66.1 cm³/mol. The molecule has 1 aromatic carbocycles. The SMILES string of the molecule is CC(CNCC(C)c1ccccc1)C(N)=O. The van der Waals surface area contributed by atoms with E-state index in [1.54, 1.807) is 0 Å². The minimum absolute atomic E-state index is 0.108. The van der Waals surface area contributed by atoms with Crippen molar-refractivity contribution < 1.29 is 4.79 Å². The van der Waals surface area contributed by atoms with E-state index in [4.69, 9.17) is 5.73 Å². The van der Waals surface area contributed by atoms with E-state index in [0.29, 0.717) is 12.5 Å². The number of carbonyl (C=O) groups excluding carboxylic acids is 1. The summed E-state index contributed by atoms with van der Waals surface area (Å²) in [7, 11) is 0. The Morgan fingerprint density at radius 2 is 1.88 bits per heavy atom. The Morgan fingerprint density at radius 1 is 1.25 bits per heavy atom. The van der Waals surface area contributed by atoms with E-state index < -0.39 is 0 Å². The number of hydrogen-bond acceptors (Lipinski definition) is 2. The molecule has 0 saturated carbocycles. The summed E-state index contributed by atoms with van der Waals surface area (Å²) in [5.74, 6) is 0.0871. The van der Waals surface area contributed by atoms with Crippen molar-refractivity contribution in [2.75, 3.05) is 13.1 Å². The molecule has 0 aliphatic carbocycles. The lowest BCUT2D eigenvalue weighted by molar-refractivity contribution is -0.121. The Bertz CT molecular complexity index is 324. The topological polar surface area (TPSA) is 55.1 Å². The molecule has 3 N–H and O–H groups in total. The van der Waals surface area contributed by atoms with Crippen LogP contribution in [-0.4, -0.2) is 19.0 Å². The van der Waals surface area contributed by atoms with Gasteiger partial charge in [-0.2, -0.15) is 0 Å². The highest BCUT2D eigenvalue weighted by Crippen LogP contribution is 2.12. The Balaban J connectivity index is 2.31. The number of amides is 1. The molecule has 16 heavy (non-hydrogen) atoms. The lowest BCUT2D eigenvalue weighted by atomic mass is 10.0. The van der Waals surface area contributed by atoms with Crippen LogP contribution in [0.4, 0.5) is 0 Å². The molecule has 3 heteroatoms. The highest BCUT2D eigenvalue weighted by atomic mass is 16.1. The number of carbonyl (C=O) groups is 1. The summed E-state index contributed by atoms with van der Waals surface area (Å²) in [6.45, 7) is 5.51. The summed E-state index contributed by atoms with van der Waals surface area (Å²) < 4.78 is 0. The van der Waals surface area contributed by atoms with Crippen molar-refractivity contribution in [3.63, 3.8) is 0 Å². The van der Waals surface area contributed by atoms with Crippen LogP contribution in [0.2, 0.25) is 0 Å². The molecule has 0 spiro atoms. The van der Waals surface area contributed by atoms with Gasteiger partial charge in [0.1, 0.15) is 0 Å². The molecule has 2 unspecified atom stereocenters. The second-order valence-electron chi connectivity index (χ2n) is 4.27. The highest BCUT2D eigenvalue weighted by molar-refractivity contribution is 5.76. The molecule has 0 bridgehead atoms. The number of nitrogens with one attached hydrogen (secondary N) is 1. The molecule has 0 saturated heterocycles. The van der Waals surface area contributed by atoms with E-state index in [1.165, 1.54) is 5.56 Å². The maximum Gasteiger partial charge on any atom is 0.221 e. The van der Waals surface area contributed by atoms with Crippen molar-refractivity contribution in [2.45, 2.75) is 19.8 Å². The first-order valence-corrected chi connectivity index (χ1v) is 5.66. The Morgan fingerprint density at radius 3 is 2.44 bits per heavy atom. The first kappa shape index (κ1) is 12.7. The normalized spacial score (nSPS) is 14.4. The molecule has 1 amide bonds. The van der Waals surface area contributed by atoms with Crippen LogP contribution in [-0.2, 0) is 4.79 Å². The fourth-order valence-corrected chi connectivity index (χ4v) is 1.52. The van der Waals surface area contributed by atoms with Gasteiger partial charge >= 0.3 is 0 Å². The molecule has 0 aliphatic rings. The quantitative estimate of drug-likeness (QED) is 0.763. The molecule has 88 valence electrons. The van der Waals surface area contributed by atoms with Crippen molar-refractivity contribution in [2.24, 2.45) is 11.7 Å². The summed E-state index contributed by atoms with van der Waals surface area (Å²) in [5, 5.41) is 3.26. The second-order valence-corrected chi connectivity index (χ2v) is 4.27. The number of benzene rings is 1. The van der Waals surface area contributed by atoms with Crippen LogP contribution < -0.4 is 11.1 Å². The summed E-state index contributed by atoms with van der Waals surface area (Å²) in [6.07, 6.45) is 0. The van der Waals surface area contributed by atoms with Gasteiger partial charge in [0.2, 0.25) is 5.91 Å². The van der Waals surface area contributed by atoms with Gasteiger partial charge < -0.3 is 11.1 Å². The number of primary amides is 1. The summed E-state index contributed by atoms with van der Waals surface area (Å²) in [4.78, 5) is 10.8. The fraction of sp³-hybridized carbons (Fsp3) is 0.462. The summed E-state index contributed by atoms with van der Waals surface area (Å²) in [6, 6.07) is 10.3. The van der Waals surface area contributed by atoms with Crippen LogP contribution in [0.3, 0.4) is 0 Å². The molecule has 0 aliphatic heterocycles. The smallest absolute Gasteiger partial charge is 0.221 e. The standard InChI is InChI=1S/C13H20N2O/c1-10(12-6-4-3-5-7-12)8-15-9-11(2)13(14)16/h3-7,10-11,15H,8-9H2,1-2H3,(H2,14,16). The third kappa shape index (κ3) is 4.03. The largest absolute Gasteiger partial charge is 0.369 e. The zero-order valence-electron chi connectivity index (χ0n) is 9.94. The summed E-state index contributed by atoms with van der Waals surface area (Å²) in [5.41, 5.74) is 6.49. The van der Waals surface area contributed by atoms with Gasteiger partial charge in [0, 0.05) is 19.0 Å². The molecule has 1 rings (SSSR count). The first-order chi connectivity index (χ1) is 7.61. The van der Waals surface area contributed by atoms with Gasteiger partial charge in [0.05, 0.1) is 0 Å². The Kier molecular flexibility index (Phi) is 4.99. The molecule has 3 nitrogen and oxygen atoms in total. The van der Waals surface area contributed by atoms with E-state index in [9.17, 15) is 4.79 Å². The molecule has 0 radical (unpaired) electrons. The van der Waals surface area contributed by atoms with Crippen LogP contribution in [0, 0.1) is 5.92 Å². The van der Waals surface area contributed by atoms with Gasteiger partial charge in [-0.15, -0.1) is 0 Å². The van der Waals surface area contributed by atoms with Gasteiger partial charge in [0.25, 0.3) is 0 Å². The maximum absolute atomic E-state index is 10.8. The first-order valence-electron chi connectivity index (χ1n) is 5.66. The lowest BCUT2D eigenvalue weighted by Crippen LogP contribution is -2.32. The predicted octanol–water partition coefficient (Wildman–Crippen LogP) is 1.50. The maximum atomic E-state index is 10.8. The van der Waals surface area contributed by atoms with Crippen LogP contribution in [0.5, 0.6) is 0 Å². The van der Waals surface area contributed by atoms with Crippen molar-refractivity contribution in [3.05, 3.63) is 35.9 Å². The van der Waals surface area contributed by atoms with Crippen molar-refractivity contribution in [1.82, 2.24) is 5.32 Å². The second kappa shape index (κ2) is 6.28. The Hall–Kier alpha value is -1.35. The van der Waals surface area contributed by atoms with Crippen molar-refractivity contribution >= 4 is 5.91 Å². The molecule has 0 fully saturated rings. The highest BCUT2D eigenvalue weighted by Gasteiger charge is 2.09. The van der Waals surface area contributed by atoms with Crippen LogP contribution in [0.15, 0.2) is 30.3 Å². The number of nitrogens with two attached hydrogens (primary N) is 1. The summed E-state index contributed by atoms with van der Waals surface area (Å²) >= 11 is 0.